The van der Waals surface area contributed by atoms with Crippen LogP contribution in [0.1, 0.15) is 49.8 Å². The fourth-order valence-corrected chi connectivity index (χ4v) is 3.95. The van der Waals surface area contributed by atoms with Crippen LogP contribution in [-0.2, 0) is 21.2 Å². The number of carbonyl (C=O) groups is 1. The second-order valence-electron chi connectivity index (χ2n) is 6.89. The summed E-state index contributed by atoms with van der Waals surface area (Å²) in [6.07, 6.45) is 0.890. The van der Waals surface area contributed by atoms with Gasteiger partial charge in [0.05, 0.1) is 4.90 Å². The molecule has 0 aliphatic rings. The molecule has 0 radical (unpaired) electrons. The third-order valence-electron chi connectivity index (χ3n) is 4.40. The van der Waals surface area contributed by atoms with Crippen molar-refractivity contribution in [3.05, 3.63) is 59.2 Å². The van der Waals surface area contributed by atoms with E-state index < -0.39 is 10.0 Å². The molecule has 1 amide bonds. The molecule has 0 saturated carbocycles. The van der Waals surface area contributed by atoms with Crippen LogP contribution in [0, 0.1) is 6.92 Å². The Morgan fingerprint density at radius 1 is 1.07 bits per heavy atom. The molecular weight excluding hydrogens is 360 g/mol. The van der Waals surface area contributed by atoms with E-state index in [9.17, 15) is 13.2 Å². The SMILES string of the molecule is CCNS(=O)(=O)c1ccc(CCC(=O)Nc2c(C)cccc2C(C)C)cc1. The van der Waals surface area contributed by atoms with Crippen molar-refractivity contribution in [2.45, 2.75) is 51.3 Å². The number of rotatable bonds is 8. The zero-order valence-electron chi connectivity index (χ0n) is 16.4. The van der Waals surface area contributed by atoms with Crippen LogP contribution in [0.2, 0.25) is 0 Å². The lowest BCUT2D eigenvalue weighted by Crippen LogP contribution is -2.23. The maximum atomic E-state index is 12.4. The smallest absolute Gasteiger partial charge is 0.240 e. The first-order chi connectivity index (χ1) is 12.7. The van der Waals surface area contributed by atoms with Crippen LogP contribution in [0.25, 0.3) is 0 Å². The molecule has 2 aromatic carbocycles. The quantitative estimate of drug-likeness (QED) is 0.718. The van der Waals surface area contributed by atoms with E-state index in [1.165, 1.54) is 0 Å². The highest BCUT2D eigenvalue weighted by atomic mass is 32.2. The van der Waals surface area contributed by atoms with Crippen LogP contribution >= 0.6 is 0 Å². The minimum atomic E-state index is -3.45. The standard InChI is InChI=1S/C21H28N2O3S/c1-5-22-27(25,26)18-12-9-17(10-13-18)11-14-20(24)23-21-16(4)7-6-8-19(21)15(2)3/h6-10,12-13,15,22H,5,11,14H2,1-4H3,(H,23,24). The van der Waals surface area contributed by atoms with E-state index in [0.29, 0.717) is 25.3 Å². The zero-order chi connectivity index (χ0) is 20.0. The first kappa shape index (κ1) is 21.1. The van der Waals surface area contributed by atoms with Crippen molar-refractivity contribution < 1.29 is 13.2 Å². The number of aryl methyl sites for hydroxylation is 2. The number of para-hydroxylation sites is 1. The predicted molar refractivity (Wildman–Crippen MR) is 110 cm³/mol. The molecular formula is C21H28N2O3S. The summed E-state index contributed by atoms with van der Waals surface area (Å²) in [6.45, 7) is 8.29. The van der Waals surface area contributed by atoms with E-state index >= 15 is 0 Å². The molecule has 2 aromatic rings. The summed E-state index contributed by atoms with van der Waals surface area (Å²) in [5.41, 5.74) is 3.99. The molecule has 146 valence electrons. The average molecular weight is 389 g/mol. The molecule has 0 unspecified atom stereocenters. The Labute approximate surface area is 162 Å². The van der Waals surface area contributed by atoms with Crippen molar-refractivity contribution in [3.8, 4) is 0 Å². The summed E-state index contributed by atoms with van der Waals surface area (Å²) in [4.78, 5) is 12.6. The van der Waals surface area contributed by atoms with Gasteiger partial charge in [-0.1, -0.05) is 51.1 Å². The summed E-state index contributed by atoms with van der Waals surface area (Å²) in [5, 5.41) is 3.04. The molecule has 2 N–H and O–H groups in total. The predicted octanol–water partition coefficient (Wildman–Crippen LogP) is 3.99. The van der Waals surface area contributed by atoms with Crippen LogP contribution in [0.15, 0.2) is 47.4 Å². The molecule has 0 bridgehead atoms. The average Bonchev–Trinajstić information content (AvgIpc) is 2.62. The summed E-state index contributed by atoms with van der Waals surface area (Å²) >= 11 is 0. The molecule has 0 spiro atoms. The van der Waals surface area contributed by atoms with Gasteiger partial charge in [0.15, 0.2) is 0 Å². The van der Waals surface area contributed by atoms with Gasteiger partial charge in [0, 0.05) is 18.7 Å². The number of hydrogen-bond donors (Lipinski definition) is 2. The van der Waals surface area contributed by atoms with Gasteiger partial charge in [-0.05, 0) is 48.1 Å². The van der Waals surface area contributed by atoms with E-state index in [4.69, 9.17) is 0 Å². The number of anilines is 1. The molecule has 0 atom stereocenters. The summed E-state index contributed by atoms with van der Waals surface area (Å²) < 4.78 is 26.4. The van der Waals surface area contributed by atoms with Crippen LogP contribution in [-0.4, -0.2) is 20.9 Å². The third-order valence-corrected chi connectivity index (χ3v) is 5.96. The monoisotopic (exact) mass is 388 g/mol. The minimum Gasteiger partial charge on any atom is -0.326 e. The Morgan fingerprint density at radius 2 is 1.74 bits per heavy atom. The zero-order valence-corrected chi connectivity index (χ0v) is 17.2. The fourth-order valence-electron chi connectivity index (χ4n) is 2.91. The molecule has 0 saturated heterocycles. The van der Waals surface area contributed by atoms with Gasteiger partial charge in [-0.15, -0.1) is 0 Å². The second-order valence-corrected chi connectivity index (χ2v) is 8.65. The van der Waals surface area contributed by atoms with E-state index in [2.05, 4.69) is 23.9 Å². The lowest BCUT2D eigenvalue weighted by molar-refractivity contribution is -0.116. The topological polar surface area (TPSA) is 75.3 Å². The van der Waals surface area contributed by atoms with Gasteiger partial charge >= 0.3 is 0 Å². The highest BCUT2D eigenvalue weighted by Crippen LogP contribution is 2.27. The van der Waals surface area contributed by atoms with E-state index in [1.54, 1.807) is 31.2 Å². The van der Waals surface area contributed by atoms with Crippen molar-refractivity contribution in [2.75, 3.05) is 11.9 Å². The fraction of sp³-hybridized carbons (Fsp3) is 0.381. The number of hydrogen-bond acceptors (Lipinski definition) is 3. The Morgan fingerprint density at radius 3 is 2.33 bits per heavy atom. The summed E-state index contributed by atoms with van der Waals surface area (Å²) in [5.74, 6) is 0.280. The Hall–Kier alpha value is -2.18. The maximum absolute atomic E-state index is 12.4. The Kier molecular flexibility index (Phi) is 7.16. The number of sulfonamides is 1. The molecule has 0 aliphatic heterocycles. The van der Waals surface area contributed by atoms with Crippen molar-refractivity contribution in [3.63, 3.8) is 0 Å². The molecule has 0 aliphatic carbocycles. The summed E-state index contributed by atoms with van der Waals surface area (Å²) in [6, 6.07) is 12.7. The lowest BCUT2D eigenvalue weighted by Gasteiger charge is -2.16. The number of carbonyl (C=O) groups excluding carboxylic acids is 1. The normalized spacial score (nSPS) is 11.6. The van der Waals surface area contributed by atoms with Crippen LogP contribution in [0.3, 0.4) is 0 Å². The van der Waals surface area contributed by atoms with Gasteiger partial charge in [-0.25, -0.2) is 13.1 Å². The molecule has 5 nitrogen and oxygen atoms in total. The van der Waals surface area contributed by atoms with Crippen molar-refractivity contribution in [1.29, 1.82) is 0 Å². The maximum Gasteiger partial charge on any atom is 0.240 e. The van der Waals surface area contributed by atoms with Gasteiger partial charge < -0.3 is 5.32 Å². The summed E-state index contributed by atoms with van der Waals surface area (Å²) in [7, 11) is -3.45. The second kappa shape index (κ2) is 9.15. The largest absolute Gasteiger partial charge is 0.326 e. The van der Waals surface area contributed by atoms with Crippen molar-refractivity contribution >= 4 is 21.6 Å². The van der Waals surface area contributed by atoms with Gasteiger partial charge in [0.25, 0.3) is 0 Å². The van der Waals surface area contributed by atoms with E-state index in [-0.39, 0.29) is 10.8 Å². The number of amides is 1. The highest BCUT2D eigenvalue weighted by molar-refractivity contribution is 7.89. The van der Waals surface area contributed by atoms with E-state index in [1.807, 2.05) is 25.1 Å². The Bertz CT molecular complexity index is 888. The lowest BCUT2D eigenvalue weighted by atomic mass is 9.98. The van der Waals surface area contributed by atoms with Crippen LogP contribution in [0.5, 0.6) is 0 Å². The molecule has 2 rings (SSSR count). The van der Waals surface area contributed by atoms with Crippen LogP contribution < -0.4 is 10.0 Å². The van der Waals surface area contributed by atoms with Crippen LogP contribution in [0.4, 0.5) is 5.69 Å². The Balaban J connectivity index is 2.01. The first-order valence-corrected chi connectivity index (χ1v) is 10.7. The number of benzene rings is 2. The van der Waals surface area contributed by atoms with Gasteiger partial charge in [-0.3, -0.25) is 4.79 Å². The molecule has 6 heteroatoms. The first-order valence-electron chi connectivity index (χ1n) is 9.22. The van der Waals surface area contributed by atoms with Crippen molar-refractivity contribution in [1.82, 2.24) is 4.72 Å². The molecule has 0 fully saturated rings. The molecule has 0 aromatic heterocycles. The van der Waals surface area contributed by atoms with Crippen molar-refractivity contribution in [2.24, 2.45) is 0 Å². The highest BCUT2D eigenvalue weighted by Gasteiger charge is 2.14. The third kappa shape index (κ3) is 5.65. The molecule has 27 heavy (non-hydrogen) atoms. The van der Waals surface area contributed by atoms with Gasteiger partial charge in [0.1, 0.15) is 0 Å². The number of nitrogens with one attached hydrogen (secondary N) is 2. The minimum absolute atomic E-state index is 0.0458. The van der Waals surface area contributed by atoms with Gasteiger partial charge in [-0.2, -0.15) is 0 Å². The van der Waals surface area contributed by atoms with E-state index in [0.717, 1.165) is 22.4 Å². The molecule has 0 heterocycles. The van der Waals surface area contributed by atoms with Gasteiger partial charge in [0.2, 0.25) is 15.9 Å².